The van der Waals surface area contributed by atoms with E-state index in [1.54, 1.807) is 21.1 Å². The van der Waals surface area contributed by atoms with Gasteiger partial charge in [0.1, 0.15) is 0 Å². The van der Waals surface area contributed by atoms with Crippen LogP contribution in [0.15, 0.2) is 0 Å². The summed E-state index contributed by atoms with van der Waals surface area (Å²) in [4.78, 5) is 13.1. The SMILES string of the molecule is CO[C@@H]1CCCN(c2nc(C)c(F)c(N3CCC[C@H](OC)C3)n2)C1. The number of rotatable bonds is 4. The Kier molecular flexibility index (Phi) is 5.50. The topological polar surface area (TPSA) is 50.7 Å². The molecule has 2 atom stereocenters. The molecule has 3 heterocycles. The third kappa shape index (κ3) is 3.62. The van der Waals surface area contributed by atoms with Crippen molar-refractivity contribution in [2.45, 2.75) is 44.8 Å². The molecule has 0 aliphatic carbocycles. The molecular weight excluding hydrogens is 311 g/mol. The van der Waals surface area contributed by atoms with Gasteiger partial charge in [-0.1, -0.05) is 0 Å². The molecule has 2 aliphatic rings. The van der Waals surface area contributed by atoms with Crippen molar-refractivity contribution in [1.29, 1.82) is 0 Å². The second-order valence-corrected chi connectivity index (χ2v) is 6.64. The van der Waals surface area contributed by atoms with Gasteiger partial charge in [0.15, 0.2) is 11.6 Å². The van der Waals surface area contributed by atoms with Gasteiger partial charge < -0.3 is 19.3 Å². The van der Waals surface area contributed by atoms with E-state index in [0.717, 1.165) is 45.3 Å². The molecule has 2 saturated heterocycles. The fourth-order valence-corrected chi connectivity index (χ4v) is 3.52. The first-order chi connectivity index (χ1) is 11.6. The van der Waals surface area contributed by atoms with Gasteiger partial charge in [-0.15, -0.1) is 0 Å². The monoisotopic (exact) mass is 338 g/mol. The summed E-state index contributed by atoms with van der Waals surface area (Å²) in [5.74, 6) is 0.680. The van der Waals surface area contributed by atoms with Gasteiger partial charge in [0.2, 0.25) is 5.95 Å². The normalized spacial score (nSPS) is 25.2. The summed E-state index contributed by atoms with van der Waals surface area (Å²) >= 11 is 0. The van der Waals surface area contributed by atoms with E-state index >= 15 is 0 Å². The van der Waals surface area contributed by atoms with Gasteiger partial charge in [0.25, 0.3) is 0 Å². The highest BCUT2D eigenvalue weighted by Crippen LogP contribution is 2.27. The molecule has 0 N–H and O–H groups in total. The van der Waals surface area contributed by atoms with E-state index in [1.807, 2.05) is 4.90 Å². The summed E-state index contributed by atoms with van der Waals surface area (Å²) < 4.78 is 25.6. The number of ether oxygens (including phenoxy) is 2. The van der Waals surface area contributed by atoms with Crippen molar-refractivity contribution in [2.75, 3.05) is 50.2 Å². The molecule has 6 nitrogen and oxygen atoms in total. The molecule has 0 spiro atoms. The van der Waals surface area contributed by atoms with Crippen LogP contribution >= 0.6 is 0 Å². The second-order valence-electron chi connectivity index (χ2n) is 6.64. The van der Waals surface area contributed by atoms with Crippen LogP contribution in [0.2, 0.25) is 0 Å². The Morgan fingerprint density at radius 1 is 0.958 bits per heavy atom. The van der Waals surface area contributed by atoms with Crippen molar-refractivity contribution >= 4 is 11.8 Å². The molecule has 24 heavy (non-hydrogen) atoms. The molecule has 0 unspecified atom stereocenters. The molecule has 7 heteroatoms. The quantitative estimate of drug-likeness (QED) is 0.838. The summed E-state index contributed by atoms with van der Waals surface area (Å²) in [5.41, 5.74) is 0.397. The second kappa shape index (κ2) is 7.61. The molecule has 2 fully saturated rings. The summed E-state index contributed by atoms with van der Waals surface area (Å²) in [6, 6.07) is 0. The smallest absolute Gasteiger partial charge is 0.227 e. The van der Waals surface area contributed by atoms with Crippen LogP contribution < -0.4 is 9.80 Å². The fraction of sp³-hybridized carbons (Fsp3) is 0.765. The van der Waals surface area contributed by atoms with Crippen molar-refractivity contribution in [3.63, 3.8) is 0 Å². The van der Waals surface area contributed by atoms with E-state index in [2.05, 4.69) is 14.9 Å². The van der Waals surface area contributed by atoms with Crippen LogP contribution in [0.5, 0.6) is 0 Å². The standard InChI is InChI=1S/C17H27FN4O2/c1-12-15(18)16(21-8-4-6-13(10-21)23-2)20-17(19-12)22-9-5-7-14(11-22)24-3/h13-14H,4-11H2,1-3H3/t13-,14+/m0/s1. The molecule has 134 valence electrons. The predicted octanol–water partition coefficient (Wildman–Crippen LogP) is 2.15. The molecule has 0 aromatic carbocycles. The lowest BCUT2D eigenvalue weighted by molar-refractivity contribution is 0.0884. The van der Waals surface area contributed by atoms with Crippen molar-refractivity contribution in [3.8, 4) is 0 Å². The third-order valence-corrected chi connectivity index (χ3v) is 4.99. The third-order valence-electron chi connectivity index (χ3n) is 4.99. The number of hydrogen-bond acceptors (Lipinski definition) is 6. The number of aryl methyl sites for hydroxylation is 1. The fourth-order valence-electron chi connectivity index (χ4n) is 3.52. The van der Waals surface area contributed by atoms with E-state index in [4.69, 9.17) is 9.47 Å². The number of aromatic nitrogens is 2. The maximum absolute atomic E-state index is 14.7. The zero-order chi connectivity index (χ0) is 17.1. The first kappa shape index (κ1) is 17.4. The Morgan fingerprint density at radius 2 is 1.54 bits per heavy atom. The Morgan fingerprint density at radius 3 is 2.17 bits per heavy atom. The summed E-state index contributed by atoms with van der Waals surface area (Å²) in [7, 11) is 3.44. The molecule has 1 aromatic rings. The van der Waals surface area contributed by atoms with Crippen LogP contribution in [0, 0.1) is 12.7 Å². The van der Waals surface area contributed by atoms with E-state index in [0.29, 0.717) is 24.0 Å². The Balaban J connectivity index is 1.85. The molecule has 1 aromatic heterocycles. The number of hydrogen-bond donors (Lipinski definition) is 0. The summed E-state index contributed by atoms with van der Waals surface area (Å²) in [5, 5.41) is 0. The molecular formula is C17H27FN4O2. The Labute approximate surface area is 143 Å². The number of halogens is 1. The minimum Gasteiger partial charge on any atom is -0.380 e. The first-order valence-corrected chi connectivity index (χ1v) is 8.72. The zero-order valence-corrected chi connectivity index (χ0v) is 14.8. The minimum absolute atomic E-state index is 0.129. The van der Waals surface area contributed by atoms with Crippen LogP contribution in [0.4, 0.5) is 16.2 Å². The lowest BCUT2D eigenvalue weighted by atomic mass is 10.1. The zero-order valence-electron chi connectivity index (χ0n) is 14.8. The van der Waals surface area contributed by atoms with Gasteiger partial charge >= 0.3 is 0 Å². The highest BCUT2D eigenvalue weighted by molar-refractivity contribution is 5.48. The lowest BCUT2D eigenvalue weighted by Gasteiger charge is -2.35. The number of piperidine rings is 2. The maximum Gasteiger partial charge on any atom is 0.227 e. The van der Waals surface area contributed by atoms with Gasteiger partial charge in [-0.05, 0) is 32.6 Å². The molecule has 2 aliphatic heterocycles. The van der Waals surface area contributed by atoms with E-state index in [-0.39, 0.29) is 18.0 Å². The Bertz CT molecular complexity index is 572. The van der Waals surface area contributed by atoms with E-state index < -0.39 is 0 Å². The highest BCUT2D eigenvalue weighted by atomic mass is 19.1. The van der Waals surface area contributed by atoms with Gasteiger partial charge in [0, 0.05) is 40.4 Å². The average molecular weight is 338 g/mol. The summed E-state index contributed by atoms with van der Waals surface area (Å²) in [6.45, 7) is 4.81. The van der Waals surface area contributed by atoms with Crippen LogP contribution in [0.3, 0.4) is 0 Å². The van der Waals surface area contributed by atoms with Crippen molar-refractivity contribution in [3.05, 3.63) is 11.5 Å². The van der Waals surface area contributed by atoms with Gasteiger partial charge in [0.05, 0.1) is 17.9 Å². The number of nitrogens with zero attached hydrogens (tertiary/aromatic N) is 4. The van der Waals surface area contributed by atoms with Gasteiger partial charge in [-0.3, -0.25) is 0 Å². The molecule has 3 rings (SSSR count). The van der Waals surface area contributed by atoms with E-state index in [1.165, 1.54) is 0 Å². The molecule has 0 bridgehead atoms. The minimum atomic E-state index is -0.323. The van der Waals surface area contributed by atoms with Crippen LogP contribution in [-0.4, -0.2) is 62.6 Å². The van der Waals surface area contributed by atoms with Gasteiger partial charge in [-0.2, -0.15) is 4.98 Å². The number of anilines is 2. The number of methoxy groups -OCH3 is 2. The largest absolute Gasteiger partial charge is 0.380 e. The van der Waals surface area contributed by atoms with Crippen molar-refractivity contribution in [2.24, 2.45) is 0 Å². The van der Waals surface area contributed by atoms with E-state index in [9.17, 15) is 4.39 Å². The summed E-state index contributed by atoms with van der Waals surface area (Å²) in [6.07, 6.45) is 4.37. The molecule has 0 saturated carbocycles. The van der Waals surface area contributed by atoms with Crippen molar-refractivity contribution in [1.82, 2.24) is 9.97 Å². The highest BCUT2D eigenvalue weighted by Gasteiger charge is 2.27. The van der Waals surface area contributed by atoms with Crippen LogP contribution in [-0.2, 0) is 9.47 Å². The van der Waals surface area contributed by atoms with Crippen LogP contribution in [0.25, 0.3) is 0 Å². The van der Waals surface area contributed by atoms with Crippen molar-refractivity contribution < 1.29 is 13.9 Å². The average Bonchev–Trinajstić information content (AvgIpc) is 2.64. The Hall–Kier alpha value is -1.47. The first-order valence-electron chi connectivity index (χ1n) is 8.72. The molecule has 0 amide bonds. The predicted molar refractivity (Wildman–Crippen MR) is 91.2 cm³/mol. The maximum atomic E-state index is 14.7. The molecule has 0 radical (unpaired) electrons. The van der Waals surface area contributed by atoms with Crippen LogP contribution in [0.1, 0.15) is 31.4 Å². The lowest BCUT2D eigenvalue weighted by Crippen LogP contribution is -2.42. The van der Waals surface area contributed by atoms with Gasteiger partial charge in [-0.25, -0.2) is 9.37 Å².